The van der Waals surface area contributed by atoms with Crippen LogP contribution in [-0.4, -0.2) is 41.9 Å². The Hall–Kier alpha value is -2.40. The second kappa shape index (κ2) is 9.84. The number of aromatic nitrogens is 2. The number of halogens is 2. The first-order chi connectivity index (χ1) is 15.7. The Balaban J connectivity index is 1.34. The van der Waals surface area contributed by atoms with Gasteiger partial charge in [0.05, 0.1) is 5.75 Å². The summed E-state index contributed by atoms with van der Waals surface area (Å²) in [5, 5.41) is 12.2. The summed E-state index contributed by atoms with van der Waals surface area (Å²) in [6.07, 6.45) is 0.722. The van der Waals surface area contributed by atoms with Crippen molar-refractivity contribution in [2.45, 2.75) is 25.5 Å². The number of nitrogens with zero attached hydrogens (tertiary/aromatic N) is 3. The van der Waals surface area contributed by atoms with E-state index in [2.05, 4.69) is 15.5 Å². The monoisotopic (exact) mass is 508 g/mol. The molecular formula is C22H22ClFN4O3S2. The topological polar surface area (TPSA) is 92.3 Å². The zero-order valence-corrected chi connectivity index (χ0v) is 20.2. The van der Waals surface area contributed by atoms with E-state index in [0.717, 1.165) is 11.1 Å². The van der Waals surface area contributed by atoms with Crippen molar-refractivity contribution >= 4 is 44.0 Å². The largest absolute Gasteiger partial charge is 0.300 e. The van der Waals surface area contributed by atoms with Crippen molar-refractivity contribution in [3.63, 3.8) is 0 Å². The fourth-order valence-electron chi connectivity index (χ4n) is 3.63. The summed E-state index contributed by atoms with van der Waals surface area (Å²) in [4.78, 5) is 12.7. The van der Waals surface area contributed by atoms with Gasteiger partial charge in [0, 0.05) is 35.2 Å². The van der Waals surface area contributed by atoms with Crippen LogP contribution in [0, 0.1) is 18.7 Å². The van der Waals surface area contributed by atoms with Crippen LogP contribution in [-0.2, 0) is 20.6 Å². The van der Waals surface area contributed by atoms with Gasteiger partial charge in [0.15, 0.2) is 0 Å². The molecule has 11 heteroatoms. The van der Waals surface area contributed by atoms with Gasteiger partial charge in [0.2, 0.25) is 21.1 Å². The minimum Gasteiger partial charge on any atom is -0.300 e. The molecule has 4 rings (SSSR count). The van der Waals surface area contributed by atoms with Gasteiger partial charge in [0.1, 0.15) is 10.8 Å². The number of hydrogen-bond acceptors (Lipinski definition) is 6. The predicted molar refractivity (Wildman–Crippen MR) is 127 cm³/mol. The second-order valence-electron chi connectivity index (χ2n) is 7.90. The maximum atomic E-state index is 14.0. The molecule has 1 amide bonds. The third-order valence-electron chi connectivity index (χ3n) is 5.56. The van der Waals surface area contributed by atoms with E-state index in [-0.39, 0.29) is 35.5 Å². The first-order valence-corrected chi connectivity index (χ1v) is 13.2. The van der Waals surface area contributed by atoms with E-state index >= 15 is 0 Å². The zero-order chi connectivity index (χ0) is 23.6. The van der Waals surface area contributed by atoms with Crippen molar-refractivity contribution in [2.75, 3.05) is 18.4 Å². The van der Waals surface area contributed by atoms with E-state index in [1.807, 2.05) is 31.2 Å². The molecule has 0 atom stereocenters. The van der Waals surface area contributed by atoms with E-state index < -0.39 is 21.6 Å². The Morgan fingerprint density at radius 3 is 2.55 bits per heavy atom. The molecule has 1 N–H and O–H groups in total. The van der Waals surface area contributed by atoms with Crippen LogP contribution in [0.5, 0.6) is 0 Å². The number of carbonyl (C=O) groups is 1. The molecule has 1 aliphatic rings. The number of anilines is 1. The minimum atomic E-state index is -3.76. The summed E-state index contributed by atoms with van der Waals surface area (Å²) in [6.45, 7) is 2.36. The van der Waals surface area contributed by atoms with Crippen molar-refractivity contribution < 1.29 is 17.6 Å². The Bertz CT molecular complexity index is 1240. The van der Waals surface area contributed by atoms with Gasteiger partial charge in [-0.1, -0.05) is 58.8 Å². The molecule has 7 nitrogen and oxygen atoms in total. The van der Waals surface area contributed by atoms with Gasteiger partial charge < -0.3 is 5.32 Å². The smallest absolute Gasteiger partial charge is 0.229 e. The summed E-state index contributed by atoms with van der Waals surface area (Å²) >= 11 is 7.26. The van der Waals surface area contributed by atoms with E-state index in [1.54, 1.807) is 0 Å². The number of nitrogens with one attached hydrogen (secondary N) is 1. The van der Waals surface area contributed by atoms with Crippen LogP contribution in [0.2, 0.25) is 5.02 Å². The molecule has 2 aromatic carbocycles. The highest BCUT2D eigenvalue weighted by atomic mass is 35.5. The molecule has 0 saturated carbocycles. The maximum absolute atomic E-state index is 14.0. The van der Waals surface area contributed by atoms with Crippen molar-refractivity contribution in [3.05, 3.63) is 64.4 Å². The number of carbonyl (C=O) groups excluding carboxylic acids is 1. The van der Waals surface area contributed by atoms with Gasteiger partial charge in [-0.25, -0.2) is 17.1 Å². The van der Waals surface area contributed by atoms with Crippen LogP contribution in [0.25, 0.3) is 10.6 Å². The standard InChI is InChI=1S/C22H22ClFN4O3S2/c1-14-5-7-16(8-6-14)21-26-27-22(32-21)25-20(29)15-9-11-28(12-10-15)33(30,31)13-17-18(23)3-2-4-19(17)24/h2-8,15H,9-13H2,1H3,(H,25,27,29). The van der Waals surface area contributed by atoms with Crippen molar-refractivity contribution in [3.8, 4) is 10.6 Å². The summed E-state index contributed by atoms with van der Waals surface area (Å²) in [5.41, 5.74) is 2.02. The molecule has 0 aliphatic carbocycles. The number of piperidine rings is 1. The van der Waals surface area contributed by atoms with Gasteiger partial charge in [-0.3, -0.25) is 4.79 Å². The summed E-state index contributed by atoms with van der Waals surface area (Å²) in [6, 6.07) is 11.9. The number of aryl methyl sites for hydroxylation is 1. The molecule has 1 saturated heterocycles. The van der Waals surface area contributed by atoms with Gasteiger partial charge in [-0.15, -0.1) is 10.2 Å². The number of benzene rings is 2. The molecule has 0 spiro atoms. The Morgan fingerprint density at radius 2 is 1.88 bits per heavy atom. The normalized spacial score (nSPS) is 15.5. The van der Waals surface area contributed by atoms with Gasteiger partial charge >= 0.3 is 0 Å². The first kappa shape index (κ1) is 23.7. The molecule has 33 heavy (non-hydrogen) atoms. The van der Waals surface area contributed by atoms with E-state index in [0.29, 0.717) is 23.0 Å². The lowest BCUT2D eigenvalue weighted by molar-refractivity contribution is -0.120. The molecular weight excluding hydrogens is 487 g/mol. The zero-order valence-electron chi connectivity index (χ0n) is 17.8. The second-order valence-corrected chi connectivity index (χ2v) is 11.3. The number of sulfonamides is 1. The Kier molecular flexibility index (Phi) is 7.08. The summed E-state index contributed by atoms with van der Waals surface area (Å²) < 4.78 is 40.8. The van der Waals surface area contributed by atoms with E-state index in [1.165, 1.54) is 33.8 Å². The lowest BCUT2D eigenvalue weighted by atomic mass is 9.97. The molecule has 174 valence electrons. The number of hydrogen-bond donors (Lipinski definition) is 1. The van der Waals surface area contributed by atoms with Crippen LogP contribution < -0.4 is 5.32 Å². The van der Waals surface area contributed by atoms with Gasteiger partial charge in [0.25, 0.3) is 0 Å². The van der Waals surface area contributed by atoms with Crippen LogP contribution in [0.1, 0.15) is 24.0 Å². The lowest BCUT2D eigenvalue weighted by Crippen LogP contribution is -2.42. The molecule has 0 radical (unpaired) electrons. The Labute approximate surface area is 200 Å². The molecule has 1 aliphatic heterocycles. The molecule has 3 aromatic rings. The van der Waals surface area contributed by atoms with Crippen LogP contribution >= 0.6 is 22.9 Å². The SMILES string of the molecule is Cc1ccc(-c2nnc(NC(=O)C3CCN(S(=O)(=O)Cc4c(F)cccc4Cl)CC3)s2)cc1. The van der Waals surface area contributed by atoms with Gasteiger partial charge in [-0.2, -0.15) is 0 Å². The fraction of sp³-hybridized carbons (Fsp3) is 0.318. The number of amides is 1. The van der Waals surface area contributed by atoms with Crippen LogP contribution in [0.3, 0.4) is 0 Å². The molecule has 0 bridgehead atoms. The highest BCUT2D eigenvalue weighted by Crippen LogP contribution is 2.29. The lowest BCUT2D eigenvalue weighted by Gasteiger charge is -2.30. The molecule has 1 fully saturated rings. The summed E-state index contributed by atoms with van der Waals surface area (Å²) in [7, 11) is -3.76. The minimum absolute atomic E-state index is 0.0420. The van der Waals surface area contributed by atoms with Crippen LogP contribution in [0.4, 0.5) is 9.52 Å². The first-order valence-electron chi connectivity index (χ1n) is 10.3. The van der Waals surface area contributed by atoms with Crippen LogP contribution in [0.15, 0.2) is 42.5 Å². The van der Waals surface area contributed by atoms with Crippen molar-refractivity contribution in [2.24, 2.45) is 5.92 Å². The van der Waals surface area contributed by atoms with Crippen molar-refractivity contribution in [1.29, 1.82) is 0 Å². The maximum Gasteiger partial charge on any atom is 0.229 e. The average Bonchev–Trinajstić information content (AvgIpc) is 3.25. The quantitative estimate of drug-likeness (QED) is 0.529. The molecule has 0 unspecified atom stereocenters. The third-order valence-corrected chi connectivity index (χ3v) is 8.61. The van der Waals surface area contributed by atoms with Crippen molar-refractivity contribution in [1.82, 2.24) is 14.5 Å². The molecule has 2 heterocycles. The Morgan fingerprint density at radius 1 is 1.18 bits per heavy atom. The average molecular weight is 509 g/mol. The van der Waals surface area contributed by atoms with E-state index in [4.69, 9.17) is 11.6 Å². The highest BCUT2D eigenvalue weighted by Gasteiger charge is 2.32. The summed E-state index contributed by atoms with van der Waals surface area (Å²) in [5.74, 6) is -1.72. The third kappa shape index (κ3) is 5.57. The highest BCUT2D eigenvalue weighted by molar-refractivity contribution is 7.88. The van der Waals surface area contributed by atoms with Gasteiger partial charge in [-0.05, 0) is 31.9 Å². The van der Waals surface area contributed by atoms with E-state index in [9.17, 15) is 17.6 Å². The molecule has 1 aromatic heterocycles. The fourth-order valence-corrected chi connectivity index (χ4v) is 6.30. The number of rotatable bonds is 6. The predicted octanol–water partition coefficient (Wildman–Crippen LogP) is 4.49.